The van der Waals surface area contributed by atoms with Gasteiger partial charge in [0.1, 0.15) is 0 Å². The van der Waals surface area contributed by atoms with Crippen LogP contribution in [0.4, 0.5) is 0 Å². The monoisotopic (exact) mass is 232 g/mol. The van der Waals surface area contributed by atoms with Crippen molar-refractivity contribution in [3.05, 3.63) is 48.0 Å². The Bertz CT molecular complexity index is 350. The van der Waals surface area contributed by atoms with E-state index < -0.39 is 0 Å². The minimum atomic E-state index is 0.0744. The molecule has 1 aromatic carbocycles. The zero-order valence-electron chi connectivity index (χ0n) is 10.0. The summed E-state index contributed by atoms with van der Waals surface area (Å²) >= 11 is 0. The number of benzene rings is 1. The minimum Gasteiger partial charge on any atom is -0.375 e. The predicted octanol–water partition coefficient (Wildman–Crippen LogP) is 2.13. The summed E-state index contributed by atoms with van der Waals surface area (Å²) in [5, 5.41) is 0.0744. The van der Waals surface area contributed by atoms with E-state index in [1.54, 1.807) is 0 Å². The Morgan fingerprint density at radius 2 is 2.06 bits per heavy atom. The van der Waals surface area contributed by atoms with Crippen LogP contribution in [0.2, 0.25) is 0 Å². The zero-order chi connectivity index (χ0) is 11.4. The normalized spacial score (nSPS) is 25.5. The molecule has 16 heavy (non-hydrogen) atoms. The van der Waals surface area contributed by atoms with Crippen LogP contribution in [0.5, 0.6) is 0 Å². The van der Waals surface area contributed by atoms with E-state index in [1.165, 1.54) is 30.4 Å². The smallest absolute Gasteiger partial charge is 0.0723 e. The van der Waals surface area contributed by atoms with Crippen molar-refractivity contribution in [2.75, 3.05) is 6.61 Å². The molecule has 0 aliphatic carbocycles. The zero-order valence-corrected chi connectivity index (χ0v) is 12.0. The van der Waals surface area contributed by atoms with E-state index in [4.69, 9.17) is 4.74 Å². The van der Waals surface area contributed by atoms with E-state index in [2.05, 4.69) is 30.8 Å². The molecule has 1 atom stereocenters. The highest BCUT2D eigenvalue weighted by atomic mass is 28.1. The summed E-state index contributed by atoms with van der Waals surface area (Å²) in [6.45, 7) is 4.69. The van der Waals surface area contributed by atoms with Gasteiger partial charge in [-0.3, -0.25) is 0 Å². The van der Waals surface area contributed by atoms with Crippen LogP contribution in [0.25, 0.3) is 0 Å². The van der Waals surface area contributed by atoms with Gasteiger partial charge in [0.2, 0.25) is 0 Å². The Kier molecular flexibility index (Phi) is 3.61. The Balaban J connectivity index is 2.16. The fourth-order valence-electron chi connectivity index (χ4n) is 2.32. The molecule has 1 aliphatic heterocycles. The number of hydrogen-bond acceptors (Lipinski definition) is 1. The molecule has 1 nitrogen and oxygen atoms in total. The molecule has 1 aliphatic rings. The molecule has 0 spiro atoms. The van der Waals surface area contributed by atoms with Gasteiger partial charge in [-0.15, -0.1) is 6.58 Å². The second-order valence-electron chi connectivity index (χ2n) is 4.73. The molecule has 1 aromatic rings. The second-order valence-corrected chi connectivity index (χ2v) is 6.34. The third-order valence-electron chi connectivity index (χ3n) is 3.41. The van der Waals surface area contributed by atoms with Crippen molar-refractivity contribution in [1.82, 2.24) is 0 Å². The molecule has 0 bridgehead atoms. The van der Waals surface area contributed by atoms with Gasteiger partial charge in [0, 0.05) is 16.8 Å². The van der Waals surface area contributed by atoms with Crippen LogP contribution in [-0.4, -0.2) is 16.8 Å². The summed E-state index contributed by atoms with van der Waals surface area (Å²) in [7, 11) is 1.08. The summed E-state index contributed by atoms with van der Waals surface area (Å²) in [5.74, 6) is 0. The lowest BCUT2D eigenvalue weighted by molar-refractivity contribution is -0.0210. The van der Waals surface area contributed by atoms with Crippen LogP contribution in [-0.2, 0) is 16.4 Å². The average Bonchev–Trinajstić information content (AvgIpc) is 2.31. The quantitative estimate of drug-likeness (QED) is 0.573. The summed E-state index contributed by atoms with van der Waals surface area (Å²) in [4.78, 5) is 0. The van der Waals surface area contributed by atoms with Crippen molar-refractivity contribution in [2.45, 2.75) is 30.9 Å². The molecule has 0 saturated carbocycles. The molecule has 2 rings (SSSR count). The first-order chi connectivity index (χ1) is 7.74. The molecule has 0 aromatic heterocycles. The Morgan fingerprint density at radius 1 is 1.31 bits per heavy atom. The van der Waals surface area contributed by atoms with Gasteiger partial charge >= 0.3 is 0 Å². The lowest BCUT2D eigenvalue weighted by Gasteiger charge is -2.34. The molecule has 1 fully saturated rings. The van der Waals surface area contributed by atoms with Crippen LogP contribution in [0.15, 0.2) is 36.9 Å². The van der Waals surface area contributed by atoms with Gasteiger partial charge in [-0.1, -0.05) is 30.3 Å². The topological polar surface area (TPSA) is 9.23 Å². The van der Waals surface area contributed by atoms with Crippen LogP contribution >= 0.6 is 0 Å². The molecular weight excluding hydrogens is 212 g/mol. The third-order valence-corrected chi connectivity index (χ3v) is 4.78. The van der Waals surface area contributed by atoms with Gasteiger partial charge < -0.3 is 4.74 Å². The molecule has 2 heteroatoms. The van der Waals surface area contributed by atoms with Crippen molar-refractivity contribution in [3.63, 3.8) is 0 Å². The Hall–Kier alpha value is -0.863. The predicted molar refractivity (Wildman–Crippen MR) is 71.8 cm³/mol. The molecule has 0 amide bonds. The Labute approximate surface area is 101 Å². The fourth-order valence-corrected chi connectivity index (χ4v) is 3.21. The highest BCUT2D eigenvalue weighted by molar-refractivity contribution is 6.14. The first kappa shape index (κ1) is 11.6. The number of rotatable bonds is 3. The number of allylic oxidation sites excluding steroid dienone is 1. The maximum atomic E-state index is 5.99. The molecule has 1 unspecified atom stereocenters. The third kappa shape index (κ3) is 2.44. The highest BCUT2D eigenvalue weighted by Gasteiger charge is 2.29. The molecular formula is C14H20OSi. The van der Waals surface area contributed by atoms with Gasteiger partial charge in [0.05, 0.1) is 5.22 Å². The molecule has 0 radical (unpaired) electrons. The van der Waals surface area contributed by atoms with Crippen molar-refractivity contribution in [2.24, 2.45) is 0 Å². The first-order valence-corrected chi connectivity index (χ1v) is 7.09. The SMILES string of the molecule is C=CCc1ccc(C2([SiH3])CCCCO2)cc1. The molecule has 86 valence electrons. The molecule has 1 heterocycles. The standard InChI is InChI=1S/C14H20OSi/c1-2-5-12-6-8-13(9-7-12)14(16)10-3-4-11-15-14/h2,6-9H,1,3-5,10-11H2,16H3. The van der Waals surface area contributed by atoms with Crippen LogP contribution in [0, 0.1) is 0 Å². The van der Waals surface area contributed by atoms with Gasteiger partial charge in [-0.25, -0.2) is 0 Å². The first-order valence-electron chi connectivity index (χ1n) is 6.09. The molecule has 1 saturated heterocycles. The fraction of sp³-hybridized carbons (Fsp3) is 0.429. The van der Waals surface area contributed by atoms with Gasteiger partial charge in [-0.05, 0) is 36.8 Å². The van der Waals surface area contributed by atoms with E-state index in [9.17, 15) is 0 Å². The van der Waals surface area contributed by atoms with Crippen molar-refractivity contribution in [3.8, 4) is 0 Å². The number of hydrogen-bond donors (Lipinski definition) is 0. The van der Waals surface area contributed by atoms with E-state index >= 15 is 0 Å². The van der Waals surface area contributed by atoms with E-state index in [0.29, 0.717) is 0 Å². The maximum Gasteiger partial charge on any atom is 0.0723 e. The average molecular weight is 232 g/mol. The van der Waals surface area contributed by atoms with Gasteiger partial charge in [-0.2, -0.15) is 0 Å². The van der Waals surface area contributed by atoms with E-state index in [-0.39, 0.29) is 5.22 Å². The highest BCUT2D eigenvalue weighted by Crippen LogP contribution is 2.32. The summed E-state index contributed by atoms with van der Waals surface area (Å²) in [6, 6.07) is 8.87. The summed E-state index contributed by atoms with van der Waals surface area (Å²) in [6.07, 6.45) is 6.62. The van der Waals surface area contributed by atoms with Crippen LogP contribution in [0.3, 0.4) is 0 Å². The Morgan fingerprint density at radius 3 is 2.62 bits per heavy atom. The largest absolute Gasteiger partial charge is 0.375 e. The van der Waals surface area contributed by atoms with Gasteiger partial charge in [0.15, 0.2) is 0 Å². The van der Waals surface area contributed by atoms with Crippen LogP contribution in [0.1, 0.15) is 30.4 Å². The summed E-state index contributed by atoms with van der Waals surface area (Å²) in [5.41, 5.74) is 2.70. The minimum absolute atomic E-state index is 0.0744. The van der Waals surface area contributed by atoms with Crippen molar-refractivity contribution < 1.29 is 4.74 Å². The lowest BCUT2D eigenvalue weighted by Crippen LogP contribution is -2.33. The second kappa shape index (κ2) is 4.98. The van der Waals surface area contributed by atoms with Gasteiger partial charge in [0.25, 0.3) is 0 Å². The molecule has 0 N–H and O–H groups in total. The summed E-state index contributed by atoms with van der Waals surface area (Å²) < 4.78 is 5.99. The number of ether oxygens (including phenoxy) is 1. The maximum absolute atomic E-state index is 5.99. The van der Waals surface area contributed by atoms with Crippen molar-refractivity contribution in [1.29, 1.82) is 0 Å². The van der Waals surface area contributed by atoms with Crippen molar-refractivity contribution >= 4 is 10.2 Å². The van der Waals surface area contributed by atoms with E-state index in [1.807, 2.05) is 6.08 Å². The lowest BCUT2D eigenvalue weighted by atomic mass is 9.98. The van der Waals surface area contributed by atoms with E-state index in [0.717, 1.165) is 23.3 Å². The van der Waals surface area contributed by atoms with Crippen LogP contribution < -0.4 is 0 Å².